The number of pyridine rings is 1. The Labute approximate surface area is 184 Å². The summed E-state index contributed by atoms with van der Waals surface area (Å²) in [5.41, 5.74) is 6.79. The molecular formula is C21H26FN7O3. The number of hydrogen-bond donors (Lipinski definition) is 5. The van der Waals surface area contributed by atoms with Gasteiger partial charge in [0.05, 0.1) is 17.3 Å². The van der Waals surface area contributed by atoms with Crippen molar-refractivity contribution in [1.29, 1.82) is 0 Å². The fraction of sp³-hybridized carbons (Fsp3) is 0.333. The Hall–Kier alpha value is -3.89. The van der Waals surface area contributed by atoms with Crippen molar-refractivity contribution in [2.45, 2.75) is 32.9 Å². The Kier molecular flexibility index (Phi) is 6.47. The third-order valence-electron chi connectivity index (χ3n) is 5.16. The van der Waals surface area contributed by atoms with E-state index in [1.54, 1.807) is 30.9 Å². The van der Waals surface area contributed by atoms with Crippen LogP contribution in [0.1, 0.15) is 31.1 Å². The summed E-state index contributed by atoms with van der Waals surface area (Å²) in [6.45, 7) is 5.41. The normalized spacial score (nSPS) is 13.1. The number of nitrogens with two attached hydrogens (primary N) is 1. The molecule has 0 aliphatic heterocycles. The zero-order valence-electron chi connectivity index (χ0n) is 18.2. The molecule has 3 rings (SSSR count). The average Bonchev–Trinajstić information content (AvgIpc) is 3.07. The van der Waals surface area contributed by atoms with Crippen LogP contribution in [0.3, 0.4) is 0 Å². The molecular weight excluding hydrogens is 417 g/mol. The summed E-state index contributed by atoms with van der Waals surface area (Å²) in [5.74, 6) is -1.73. The molecule has 11 heteroatoms. The maximum Gasteiger partial charge on any atom is 0.404 e. The monoisotopic (exact) mass is 443 g/mol. The van der Waals surface area contributed by atoms with Crippen molar-refractivity contribution in [2.75, 3.05) is 10.6 Å². The van der Waals surface area contributed by atoms with Crippen molar-refractivity contribution in [1.82, 2.24) is 20.1 Å². The molecule has 2 heterocycles. The highest BCUT2D eigenvalue weighted by atomic mass is 19.1. The highest BCUT2D eigenvalue weighted by molar-refractivity contribution is 5.99. The number of hydrogen-bond acceptors (Lipinski definition) is 6. The summed E-state index contributed by atoms with van der Waals surface area (Å²) in [6, 6.07) is 5.46. The largest absolute Gasteiger partial charge is 0.465 e. The van der Waals surface area contributed by atoms with Gasteiger partial charge < -0.3 is 26.8 Å². The van der Waals surface area contributed by atoms with E-state index in [4.69, 9.17) is 10.8 Å². The molecule has 0 radical (unpaired) electrons. The van der Waals surface area contributed by atoms with Gasteiger partial charge in [0.25, 0.3) is 5.91 Å². The molecule has 3 aromatic rings. The van der Waals surface area contributed by atoms with Crippen LogP contribution < -0.4 is 21.7 Å². The average molecular weight is 443 g/mol. The number of anilines is 3. The molecule has 0 aliphatic carbocycles. The minimum absolute atomic E-state index is 0.0578. The number of fused-ring (bicyclic) bond motifs is 1. The van der Waals surface area contributed by atoms with E-state index in [0.29, 0.717) is 5.69 Å². The Morgan fingerprint density at radius 3 is 2.53 bits per heavy atom. The van der Waals surface area contributed by atoms with Crippen LogP contribution in [0.4, 0.5) is 26.5 Å². The van der Waals surface area contributed by atoms with E-state index < -0.39 is 29.9 Å². The number of carbonyl (C=O) groups is 2. The Bertz CT molecular complexity index is 1160. The number of primary amides is 1. The first kappa shape index (κ1) is 22.8. The van der Waals surface area contributed by atoms with Crippen molar-refractivity contribution in [3.05, 3.63) is 41.8 Å². The third kappa shape index (κ3) is 4.88. The smallest absolute Gasteiger partial charge is 0.404 e. The predicted molar refractivity (Wildman–Crippen MR) is 120 cm³/mol. The van der Waals surface area contributed by atoms with E-state index in [0.717, 1.165) is 17.0 Å². The molecule has 0 saturated carbocycles. The maximum absolute atomic E-state index is 14.8. The van der Waals surface area contributed by atoms with Gasteiger partial charge in [-0.05, 0) is 37.1 Å². The summed E-state index contributed by atoms with van der Waals surface area (Å²) in [4.78, 5) is 27.2. The molecule has 2 atom stereocenters. The highest BCUT2D eigenvalue weighted by Crippen LogP contribution is 2.27. The third-order valence-corrected chi connectivity index (χ3v) is 5.16. The van der Waals surface area contributed by atoms with Crippen LogP contribution in [0.15, 0.2) is 30.5 Å². The summed E-state index contributed by atoms with van der Waals surface area (Å²) in [7, 11) is 1.80. The Morgan fingerprint density at radius 1 is 1.19 bits per heavy atom. The van der Waals surface area contributed by atoms with Crippen LogP contribution in [0, 0.1) is 11.7 Å². The number of carbonyl (C=O) groups excluding carboxylic acids is 1. The van der Waals surface area contributed by atoms with Gasteiger partial charge in [0.1, 0.15) is 5.82 Å². The molecule has 6 N–H and O–H groups in total. The van der Waals surface area contributed by atoms with Crippen LogP contribution in [-0.2, 0) is 7.05 Å². The standard InChI is InChI=1S/C21H26FN7O3/c1-10(2)17(11(3)25-21(31)32)27-20-15(22)8-14(18(23)30)19(28-20)26-13-6-5-12-9-24-29(4)16(12)7-13/h5-11,17,25H,1-4H3,(H2,23,30)(H,31,32)(H2,26,27,28)/t11-,17-/m0/s1. The topological polar surface area (TPSA) is 147 Å². The molecule has 0 fully saturated rings. The molecule has 0 aliphatic rings. The lowest BCUT2D eigenvalue weighted by atomic mass is 9.97. The van der Waals surface area contributed by atoms with E-state index in [1.807, 2.05) is 26.0 Å². The van der Waals surface area contributed by atoms with Crippen molar-refractivity contribution < 1.29 is 19.1 Å². The number of aromatic nitrogens is 3. The van der Waals surface area contributed by atoms with Gasteiger partial charge in [-0.1, -0.05) is 13.8 Å². The number of amides is 2. The molecule has 0 saturated heterocycles. The first-order valence-electron chi connectivity index (χ1n) is 10.0. The number of halogens is 1. The fourth-order valence-corrected chi connectivity index (χ4v) is 3.54. The van der Waals surface area contributed by atoms with Gasteiger partial charge in [-0.15, -0.1) is 0 Å². The summed E-state index contributed by atoms with van der Waals surface area (Å²) >= 11 is 0. The lowest BCUT2D eigenvalue weighted by molar-refractivity contribution is 0.1000. The first-order chi connectivity index (χ1) is 15.1. The van der Waals surface area contributed by atoms with Crippen LogP contribution in [-0.4, -0.2) is 44.0 Å². The summed E-state index contributed by atoms with van der Waals surface area (Å²) in [5, 5.41) is 22.5. The molecule has 10 nitrogen and oxygen atoms in total. The fourth-order valence-electron chi connectivity index (χ4n) is 3.54. The Morgan fingerprint density at radius 2 is 1.91 bits per heavy atom. The highest BCUT2D eigenvalue weighted by Gasteiger charge is 2.25. The number of nitrogens with one attached hydrogen (secondary N) is 3. The van der Waals surface area contributed by atoms with E-state index >= 15 is 0 Å². The molecule has 0 bridgehead atoms. The zero-order valence-corrected chi connectivity index (χ0v) is 18.2. The molecule has 2 aromatic heterocycles. The van der Waals surface area contributed by atoms with Gasteiger partial charge >= 0.3 is 6.09 Å². The van der Waals surface area contributed by atoms with Crippen LogP contribution in [0.5, 0.6) is 0 Å². The van der Waals surface area contributed by atoms with E-state index in [1.165, 1.54) is 0 Å². The van der Waals surface area contributed by atoms with E-state index in [9.17, 15) is 14.0 Å². The molecule has 2 amide bonds. The number of benzene rings is 1. The lowest BCUT2D eigenvalue weighted by Gasteiger charge is -2.29. The van der Waals surface area contributed by atoms with Gasteiger partial charge in [-0.2, -0.15) is 5.10 Å². The zero-order chi connectivity index (χ0) is 23.6. The Balaban J connectivity index is 1.97. The first-order valence-corrected chi connectivity index (χ1v) is 10.0. The summed E-state index contributed by atoms with van der Waals surface area (Å²) < 4.78 is 16.5. The number of nitrogens with zero attached hydrogens (tertiary/aromatic N) is 3. The van der Waals surface area contributed by atoms with Gasteiger partial charge in [0, 0.05) is 30.2 Å². The molecule has 170 valence electrons. The van der Waals surface area contributed by atoms with Gasteiger partial charge in [-0.25, -0.2) is 14.2 Å². The van der Waals surface area contributed by atoms with E-state index in [-0.39, 0.29) is 23.1 Å². The van der Waals surface area contributed by atoms with Gasteiger partial charge in [0.2, 0.25) is 0 Å². The molecule has 32 heavy (non-hydrogen) atoms. The molecule has 0 spiro atoms. The van der Waals surface area contributed by atoms with Crippen LogP contribution in [0.2, 0.25) is 0 Å². The molecule has 1 aromatic carbocycles. The van der Waals surface area contributed by atoms with Crippen molar-refractivity contribution in [3.63, 3.8) is 0 Å². The number of carboxylic acid groups (broad SMARTS) is 1. The summed E-state index contributed by atoms with van der Waals surface area (Å²) in [6.07, 6.45) is 0.542. The maximum atomic E-state index is 14.8. The van der Waals surface area contributed by atoms with Crippen molar-refractivity contribution >= 4 is 40.2 Å². The van der Waals surface area contributed by atoms with Gasteiger partial charge in [-0.3, -0.25) is 9.48 Å². The van der Waals surface area contributed by atoms with E-state index in [2.05, 4.69) is 26.0 Å². The lowest BCUT2D eigenvalue weighted by Crippen LogP contribution is -2.47. The van der Waals surface area contributed by atoms with Crippen LogP contribution >= 0.6 is 0 Å². The number of rotatable bonds is 8. The SMILES string of the molecule is CC(C)[C@H](Nc1nc(Nc2ccc3cnn(C)c3c2)c(C(N)=O)cc1F)[C@H](C)NC(=O)O. The van der Waals surface area contributed by atoms with Crippen molar-refractivity contribution in [2.24, 2.45) is 18.7 Å². The minimum atomic E-state index is -1.18. The predicted octanol–water partition coefficient (Wildman–Crippen LogP) is 3.04. The minimum Gasteiger partial charge on any atom is -0.465 e. The quantitative estimate of drug-likeness (QED) is 0.359. The van der Waals surface area contributed by atoms with Crippen LogP contribution in [0.25, 0.3) is 10.9 Å². The second-order valence-corrected chi connectivity index (χ2v) is 7.90. The number of aryl methyl sites for hydroxylation is 1. The van der Waals surface area contributed by atoms with Gasteiger partial charge in [0.15, 0.2) is 11.6 Å². The van der Waals surface area contributed by atoms with Crippen molar-refractivity contribution in [3.8, 4) is 0 Å². The second-order valence-electron chi connectivity index (χ2n) is 7.90. The molecule has 0 unspecified atom stereocenters. The second kappa shape index (κ2) is 9.08.